The maximum absolute atomic E-state index is 12.9. The van der Waals surface area contributed by atoms with E-state index in [4.69, 9.17) is 23.7 Å². The number of aliphatic hydroxyl groups excluding tert-OH is 5. The highest BCUT2D eigenvalue weighted by Gasteiger charge is 2.51. The lowest BCUT2D eigenvalue weighted by Gasteiger charge is -2.39. The molecule has 0 radical (unpaired) electrons. The molecule has 9 atom stereocenters. The molecule has 6 N–H and O–H groups in total. The Morgan fingerprint density at radius 3 is 2.36 bits per heavy atom. The van der Waals surface area contributed by atoms with Crippen LogP contribution < -0.4 is 9.47 Å². The molecule has 0 aromatic heterocycles. The molecule has 1 heterocycles. The minimum absolute atomic E-state index is 0.0512. The molecule has 0 amide bonds. The Balaban J connectivity index is 1.68. The summed E-state index contributed by atoms with van der Waals surface area (Å²) in [6.07, 6.45) is -7.52. The van der Waals surface area contributed by atoms with Crippen LogP contribution >= 0.6 is 0 Å². The molecule has 1 aromatic carbocycles. The number of aliphatic hydroxyl groups is 6. The summed E-state index contributed by atoms with van der Waals surface area (Å²) >= 11 is 0. The SMILES string of the molecule is COc1ccc(C(=O)O[C@@H]2C[C@](C)(O)[C@@H](CO)[C@H]2CCO[C@@H]2O[C@H](CO)[C@@H](O)[C@H](O)[C@H]2O)cc1OC. The van der Waals surface area contributed by atoms with Crippen molar-refractivity contribution in [1.29, 1.82) is 0 Å². The third-order valence-corrected chi connectivity index (χ3v) is 7.06. The molecule has 12 heteroatoms. The highest BCUT2D eigenvalue weighted by molar-refractivity contribution is 5.90. The third-order valence-electron chi connectivity index (χ3n) is 7.06. The minimum Gasteiger partial charge on any atom is -0.493 e. The number of carbonyl (C=O) groups excluding carboxylic acids is 1. The topological polar surface area (TPSA) is 185 Å². The van der Waals surface area contributed by atoms with Gasteiger partial charge in [-0.1, -0.05) is 0 Å². The first-order valence-corrected chi connectivity index (χ1v) is 11.8. The fourth-order valence-electron chi connectivity index (χ4n) is 4.97. The number of hydrogen-bond acceptors (Lipinski definition) is 12. The Bertz CT molecular complexity index is 875. The molecule has 3 rings (SSSR count). The van der Waals surface area contributed by atoms with Crippen molar-refractivity contribution in [2.45, 2.75) is 62.2 Å². The van der Waals surface area contributed by atoms with E-state index in [2.05, 4.69) is 0 Å². The van der Waals surface area contributed by atoms with Crippen molar-refractivity contribution >= 4 is 5.97 Å². The molecule has 36 heavy (non-hydrogen) atoms. The Labute approximate surface area is 208 Å². The van der Waals surface area contributed by atoms with Crippen LogP contribution in [0.4, 0.5) is 0 Å². The fourth-order valence-corrected chi connectivity index (χ4v) is 4.97. The monoisotopic (exact) mass is 516 g/mol. The van der Waals surface area contributed by atoms with Crippen LogP contribution in [0.1, 0.15) is 30.1 Å². The maximum atomic E-state index is 12.9. The molecule has 1 aromatic rings. The summed E-state index contributed by atoms with van der Waals surface area (Å²) in [6.45, 7) is 0.563. The van der Waals surface area contributed by atoms with Crippen LogP contribution in [0.3, 0.4) is 0 Å². The van der Waals surface area contributed by atoms with Gasteiger partial charge in [0.2, 0.25) is 0 Å². The number of rotatable bonds is 10. The van der Waals surface area contributed by atoms with Crippen molar-refractivity contribution in [3.8, 4) is 11.5 Å². The maximum Gasteiger partial charge on any atom is 0.338 e. The number of hydrogen-bond donors (Lipinski definition) is 6. The van der Waals surface area contributed by atoms with Crippen LogP contribution in [-0.4, -0.2) is 113 Å². The molecule has 0 unspecified atom stereocenters. The average molecular weight is 517 g/mol. The fraction of sp³-hybridized carbons (Fsp3) is 0.708. The van der Waals surface area contributed by atoms with Gasteiger partial charge < -0.3 is 54.3 Å². The quantitative estimate of drug-likeness (QED) is 0.205. The summed E-state index contributed by atoms with van der Waals surface area (Å²) < 4.78 is 27.1. The molecule has 204 valence electrons. The first-order chi connectivity index (χ1) is 17.1. The van der Waals surface area contributed by atoms with Gasteiger partial charge in [-0.05, 0) is 31.5 Å². The lowest BCUT2D eigenvalue weighted by molar-refractivity contribution is -0.301. The Hall–Kier alpha value is -2.03. The predicted molar refractivity (Wildman–Crippen MR) is 122 cm³/mol. The van der Waals surface area contributed by atoms with E-state index in [-0.39, 0.29) is 31.6 Å². The molecule has 0 spiro atoms. The smallest absolute Gasteiger partial charge is 0.338 e. The minimum atomic E-state index is -1.58. The summed E-state index contributed by atoms with van der Waals surface area (Å²) in [5, 5.41) is 60.2. The summed E-state index contributed by atoms with van der Waals surface area (Å²) in [7, 11) is 2.92. The average Bonchev–Trinajstić information content (AvgIpc) is 3.11. The van der Waals surface area contributed by atoms with E-state index in [1.807, 2.05) is 0 Å². The van der Waals surface area contributed by atoms with Crippen LogP contribution in [0.25, 0.3) is 0 Å². The molecule has 1 aliphatic carbocycles. The molecule has 2 fully saturated rings. The van der Waals surface area contributed by atoms with Gasteiger partial charge in [0.15, 0.2) is 17.8 Å². The zero-order valence-electron chi connectivity index (χ0n) is 20.5. The molecule has 1 saturated carbocycles. The van der Waals surface area contributed by atoms with E-state index in [0.29, 0.717) is 11.5 Å². The van der Waals surface area contributed by atoms with Crippen molar-refractivity contribution in [2.24, 2.45) is 11.8 Å². The second-order valence-corrected chi connectivity index (χ2v) is 9.38. The van der Waals surface area contributed by atoms with E-state index >= 15 is 0 Å². The van der Waals surface area contributed by atoms with Crippen LogP contribution in [0.2, 0.25) is 0 Å². The van der Waals surface area contributed by atoms with Gasteiger partial charge in [-0.2, -0.15) is 0 Å². The summed E-state index contributed by atoms with van der Waals surface area (Å²) in [4.78, 5) is 12.9. The molecular formula is C24H36O12. The number of carbonyl (C=O) groups is 1. The zero-order chi connectivity index (χ0) is 26.6. The van der Waals surface area contributed by atoms with E-state index in [0.717, 1.165) is 0 Å². The van der Waals surface area contributed by atoms with Gasteiger partial charge in [0, 0.05) is 24.9 Å². The van der Waals surface area contributed by atoms with Crippen LogP contribution in [0.5, 0.6) is 11.5 Å². The Morgan fingerprint density at radius 1 is 1.06 bits per heavy atom. The molecule has 1 saturated heterocycles. The summed E-state index contributed by atoms with van der Waals surface area (Å²) in [6, 6.07) is 4.58. The van der Waals surface area contributed by atoms with E-state index in [9.17, 15) is 35.4 Å². The Morgan fingerprint density at radius 2 is 1.75 bits per heavy atom. The third kappa shape index (κ3) is 5.92. The lowest BCUT2D eigenvalue weighted by atomic mass is 9.86. The van der Waals surface area contributed by atoms with Crippen LogP contribution in [-0.2, 0) is 14.2 Å². The highest BCUT2D eigenvalue weighted by Crippen LogP contribution is 2.44. The highest BCUT2D eigenvalue weighted by atomic mass is 16.7. The standard InChI is InChI=1S/C24H36O12/c1-24(31)9-17(35-22(30)12-4-5-15(32-2)16(8-12)33-3)13(14(24)10-25)6-7-34-23-21(29)20(28)19(27)18(11-26)36-23/h4-5,8,13-14,17-21,23,25-29,31H,6-7,9-11H2,1-3H3/t13-,14+,17-,18-,19-,20+,21-,23-,24+/m1/s1. The summed E-state index contributed by atoms with van der Waals surface area (Å²) in [5.74, 6) is -0.974. The van der Waals surface area contributed by atoms with Crippen molar-refractivity contribution in [3.05, 3.63) is 23.8 Å². The molecule has 1 aliphatic heterocycles. The number of benzene rings is 1. The van der Waals surface area contributed by atoms with Crippen molar-refractivity contribution in [1.82, 2.24) is 0 Å². The van der Waals surface area contributed by atoms with Gasteiger partial charge in [-0.15, -0.1) is 0 Å². The normalized spacial score (nSPS) is 36.5. The van der Waals surface area contributed by atoms with Crippen molar-refractivity contribution < 1.29 is 59.1 Å². The number of esters is 1. The molecule has 0 bridgehead atoms. The lowest BCUT2D eigenvalue weighted by Crippen LogP contribution is -2.59. The van der Waals surface area contributed by atoms with Gasteiger partial charge in [-0.3, -0.25) is 0 Å². The molecular weight excluding hydrogens is 480 g/mol. The second kappa shape index (κ2) is 12.0. The molecule has 12 nitrogen and oxygen atoms in total. The first-order valence-electron chi connectivity index (χ1n) is 11.8. The van der Waals surface area contributed by atoms with Crippen LogP contribution in [0, 0.1) is 11.8 Å². The van der Waals surface area contributed by atoms with Gasteiger partial charge in [0.05, 0.1) is 38.6 Å². The predicted octanol–water partition coefficient (Wildman–Crippen LogP) is -1.18. The first kappa shape index (κ1) is 28.5. The Kier molecular flexibility index (Phi) is 9.52. The summed E-state index contributed by atoms with van der Waals surface area (Å²) in [5.41, 5.74) is -1.10. The van der Waals surface area contributed by atoms with Crippen molar-refractivity contribution in [2.75, 3.05) is 34.0 Å². The van der Waals surface area contributed by atoms with Crippen LogP contribution in [0.15, 0.2) is 18.2 Å². The second-order valence-electron chi connectivity index (χ2n) is 9.38. The van der Waals surface area contributed by atoms with Gasteiger partial charge in [0.1, 0.15) is 30.5 Å². The number of ether oxygens (including phenoxy) is 5. The van der Waals surface area contributed by atoms with Crippen molar-refractivity contribution in [3.63, 3.8) is 0 Å². The van der Waals surface area contributed by atoms with Gasteiger partial charge in [0.25, 0.3) is 0 Å². The van der Waals surface area contributed by atoms with E-state index in [1.165, 1.54) is 26.4 Å². The number of methoxy groups -OCH3 is 2. The largest absolute Gasteiger partial charge is 0.493 e. The zero-order valence-corrected chi connectivity index (χ0v) is 20.5. The van der Waals surface area contributed by atoms with Gasteiger partial charge in [-0.25, -0.2) is 4.79 Å². The van der Waals surface area contributed by atoms with E-state index < -0.39 is 66.8 Å². The van der Waals surface area contributed by atoms with E-state index in [1.54, 1.807) is 13.0 Å². The molecule has 2 aliphatic rings. The van der Waals surface area contributed by atoms with Gasteiger partial charge >= 0.3 is 5.97 Å².